The highest BCUT2D eigenvalue weighted by atomic mass is 35.5. The molecule has 4 nitrogen and oxygen atoms in total. The number of aromatic hydroxyl groups is 1. The average molecular weight is 297 g/mol. The highest BCUT2D eigenvalue weighted by Gasteiger charge is 2.12. The molecule has 1 aromatic carbocycles. The van der Waals surface area contributed by atoms with Crippen LogP contribution in [0.5, 0.6) is 5.88 Å². The molecule has 0 saturated carbocycles. The number of aromatic nitrogens is 2. The van der Waals surface area contributed by atoms with Crippen LogP contribution in [0.2, 0.25) is 5.02 Å². The Morgan fingerprint density at radius 2 is 2.05 bits per heavy atom. The Bertz CT molecular complexity index is 626. The number of H-pyrrole nitrogens is 1. The van der Waals surface area contributed by atoms with E-state index in [4.69, 9.17) is 11.6 Å². The fourth-order valence-corrected chi connectivity index (χ4v) is 2.31. The quantitative estimate of drug-likeness (QED) is 0.910. The molecule has 2 N–H and O–H groups in total. The summed E-state index contributed by atoms with van der Waals surface area (Å²) in [4.78, 5) is 18.7. The normalized spacial score (nSPS) is 10.6. The summed E-state index contributed by atoms with van der Waals surface area (Å²) in [6.45, 7) is 2.02. The molecule has 2 rings (SSSR count). The van der Waals surface area contributed by atoms with E-state index < -0.39 is 0 Å². The van der Waals surface area contributed by atoms with Crippen molar-refractivity contribution in [1.29, 1.82) is 0 Å². The van der Waals surface area contributed by atoms with Crippen LogP contribution in [-0.2, 0) is 5.75 Å². The Morgan fingerprint density at radius 3 is 2.63 bits per heavy atom. The zero-order chi connectivity index (χ0) is 13.8. The van der Waals surface area contributed by atoms with Crippen molar-refractivity contribution < 1.29 is 5.11 Å². The third kappa shape index (κ3) is 3.30. The van der Waals surface area contributed by atoms with Gasteiger partial charge in [-0.15, -0.1) is 0 Å². The van der Waals surface area contributed by atoms with Crippen LogP contribution in [-0.4, -0.2) is 20.8 Å². The summed E-state index contributed by atoms with van der Waals surface area (Å²) in [5.41, 5.74) is 0.411. The summed E-state index contributed by atoms with van der Waals surface area (Å²) < 4.78 is 0. The van der Waals surface area contributed by atoms with E-state index in [9.17, 15) is 9.90 Å². The van der Waals surface area contributed by atoms with E-state index in [1.54, 1.807) is 36.0 Å². The van der Waals surface area contributed by atoms with E-state index in [-0.39, 0.29) is 17.0 Å². The second-order valence-electron chi connectivity index (χ2n) is 3.86. The maximum absolute atomic E-state index is 12.0. The first-order valence-electron chi connectivity index (χ1n) is 5.77. The number of nitrogens with one attached hydrogen (secondary N) is 1. The standard InChI is InChI=1S/C13H13ClN2O2S/c1-2-19-7-10-15-12(17)11(13(18)16-10)8-3-5-9(14)6-4-8/h3-6H,2,7H2,1H3,(H2,15,16,17,18). The smallest absolute Gasteiger partial charge is 0.262 e. The lowest BCUT2D eigenvalue weighted by molar-refractivity contribution is 0.451. The maximum atomic E-state index is 12.0. The minimum atomic E-state index is -0.346. The molecule has 0 atom stereocenters. The Balaban J connectivity index is 2.42. The summed E-state index contributed by atoms with van der Waals surface area (Å²) in [7, 11) is 0. The Labute approximate surface area is 119 Å². The molecule has 0 radical (unpaired) electrons. The zero-order valence-corrected chi connectivity index (χ0v) is 11.9. The van der Waals surface area contributed by atoms with Gasteiger partial charge < -0.3 is 10.1 Å². The third-order valence-corrected chi connectivity index (χ3v) is 3.66. The molecule has 0 amide bonds. The van der Waals surface area contributed by atoms with Gasteiger partial charge >= 0.3 is 0 Å². The second kappa shape index (κ2) is 6.12. The van der Waals surface area contributed by atoms with Crippen molar-refractivity contribution in [2.75, 3.05) is 5.75 Å². The van der Waals surface area contributed by atoms with Crippen LogP contribution >= 0.6 is 23.4 Å². The topological polar surface area (TPSA) is 66.0 Å². The van der Waals surface area contributed by atoms with Crippen molar-refractivity contribution in [3.8, 4) is 17.0 Å². The molecule has 2 aromatic rings. The van der Waals surface area contributed by atoms with Crippen molar-refractivity contribution >= 4 is 23.4 Å². The summed E-state index contributed by atoms with van der Waals surface area (Å²) in [6.07, 6.45) is 0. The van der Waals surface area contributed by atoms with Gasteiger partial charge in [-0.25, -0.2) is 0 Å². The van der Waals surface area contributed by atoms with Gasteiger partial charge in [0.15, 0.2) is 0 Å². The zero-order valence-electron chi connectivity index (χ0n) is 10.3. The Hall–Kier alpha value is -1.46. The number of nitrogens with zero attached hydrogens (tertiary/aromatic N) is 1. The molecule has 0 saturated heterocycles. The number of aromatic amines is 1. The molecule has 0 aliphatic heterocycles. The molecule has 1 heterocycles. The summed E-state index contributed by atoms with van der Waals surface area (Å²) in [6, 6.07) is 6.68. The van der Waals surface area contributed by atoms with E-state index >= 15 is 0 Å². The van der Waals surface area contributed by atoms with Gasteiger partial charge in [0, 0.05) is 5.02 Å². The number of hydrogen-bond donors (Lipinski definition) is 2. The van der Waals surface area contributed by atoms with Crippen molar-refractivity contribution in [2.45, 2.75) is 12.7 Å². The van der Waals surface area contributed by atoms with E-state index in [0.29, 0.717) is 22.2 Å². The highest BCUT2D eigenvalue weighted by molar-refractivity contribution is 7.98. The monoisotopic (exact) mass is 296 g/mol. The lowest BCUT2D eigenvalue weighted by atomic mass is 10.1. The molecule has 6 heteroatoms. The number of hydrogen-bond acceptors (Lipinski definition) is 4. The predicted octanol–water partition coefficient (Wildman–Crippen LogP) is 3.05. The van der Waals surface area contributed by atoms with Crippen molar-refractivity contribution in [1.82, 2.24) is 9.97 Å². The first-order valence-corrected chi connectivity index (χ1v) is 7.31. The lowest BCUT2D eigenvalue weighted by Gasteiger charge is -2.06. The Kier molecular flexibility index (Phi) is 4.50. The van der Waals surface area contributed by atoms with Crippen LogP contribution in [0, 0.1) is 0 Å². The largest absolute Gasteiger partial charge is 0.493 e. The van der Waals surface area contributed by atoms with E-state index in [2.05, 4.69) is 9.97 Å². The van der Waals surface area contributed by atoms with Crippen LogP contribution < -0.4 is 5.56 Å². The number of benzene rings is 1. The fraction of sp³-hybridized carbons (Fsp3) is 0.231. The van der Waals surface area contributed by atoms with Crippen LogP contribution in [0.1, 0.15) is 12.7 Å². The molecule has 0 fully saturated rings. The molecule has 19 heavy (non-hydrogen) atoms. The molecule has 0 unspecified atom stereocenters. The number of rotatable bonds is 4. The highest BCUT2D eigenvalue weighted by Crippen LogP contribution is 2.25. The lowest BCUT2D eigenvalue weighted by Crippen LogP contribution is -2.13. The first kappa shape index (κ1) is 14.0. The minimum absolute atomic E-state index is 0.168. The molecule has 0 bridgehead atoms. The van der Waals surface area contributed by atoms with Crippen LogP contribution in [0.25, 0.3) is 11.1 Å². The van der Waals surface area contributed by atoms with Gasteiger partial charge in [-0.05, 0) is 23.4 Å². The second-order valence-corrected chi connectivity index (χ2v) is 5.57. The van der Waals surface area contributed by atoms with Crippen LogP contribution in [0.4, 0.5) is 0 Å². The summed E-state index contributed by atoms with van der Waals surface area (Å²) in [5, 5.41) is 10.5. The van der Waals surface area contributed by atoms with Gasteiger partial charge in [0.1, 0.15) is 11.4 Å². The summed E-state index contributed by atoms with van der Waals surface area (Å²) in [5.74, 6) is 1.72. The maximum Gasteiger partial charge on any atom is 0.262 e. The molecule has 0 aliphatic carbocycles. The van der Waals surface area contributed by atoms with Crippen LogP contribution in [0.3, 0.4) is 0 Å². The molecule has 0 aliphatic rings. The van der Waals surface area contributed by atoms with Crippen molar-refractivity contribution in [2.24, 2.45) is 0 Å². The van der Waals surface area contributed by atoms with Gasteiger partial charge in [0.05, 0.1) is 5.75 Å². The van der Waals surface area contributed by atoms with E-state index in [1.807, 2.05) is 6.92 Å². The van der Waals surface area contributed by atoms with Gasteiger partial charge in [-0.2, -0.15) is 16.7 Å². The summed E-state index contributed by atoms with van der Waals surface area (Å²) >= 11 is 7.42. The molecule has 100 valence electrons. The van der Waals surface area contributed by atoms with Crippen molar-refractivity contribution in [3.63, 3.8) is 0 Å². The van der Waals surface area contributed by atoms with Gasteiger partial charge in [0.2, 0.25) is 5.88 Å². The first-order chi connectivity index (χ1) is 9.11. The fourth-order valence-electron chi connectivity index (χ4n) is 1.65. The molecular formula is C13H13ClN2O2S. The molecule has 1 aromatic heterocycles. The van der Waals surface area contributed by atoms with Crippen molar-refractivity contribution in [3.05, 3.63) is 45.5 Å². The van der Waals surface area contributed by atoms with E-state index in [1.165, 1.54) is 0 Å². The Morgan fingerprint density at radius 1 is 1.37 bits per heavy atom. The SMILES string of the molecule is CCSCc1nc(O)c(-c2ccc(Cl)cc2)c(=O)[nH]1. The van der Waals surface area contributed by atoms with E-state index in [0.717, 1.165) is 5.75 Å². The minimum Gasteiger partial charge on any atom is -0.493 e. The van der Waals surface area contributed by atoms with Gasteiger partial charge in [-0.1, -0.05) is 30.7 Å². The number of thioether (sulfide) groups is 1. The predicted molar refractivity (Wildman–Crippen MR) is 78.8 cm³/mol. The van der Waals surface area contributed by atoms with Crippen LogP contribution in [0.15, 0.2) is 29.1 Å². The molecule has 0 spiro atoms. The third-order valence-electron chi connectivity index (χ3n) is 2.53. The number of halogens is 1. The molecular weight excluding hydrogens is 284 g/mol. The average Bonchev–Trinajstić information content (AvgIpc) is 2.38. The van der Waals surface area contributed by atoms with Gasteiger partial charge in [0.25, 0.3) is 5.56 Å². The van der Waals surface area contributed by atoms with Gasteiger partial charge in [-0.3, -0.25) is 4.79 Å².